The Labute approximate surface area is 144 Å². The van der Waals surface area contributed by atoms with E-state index in [0.29, 0.717) is 12.5 Å². The Kier molecular flexibility index (Phi) is 5.31. The third-order valence-corrected chi connectivity index (χ3v) is 4.70. The van der Waals surface area contributed by atoms with E-state index in [9.17, 15) is 4.79 Å². The first-order valence-corrected chi connectivity index (χ1v) is 8.88. The van der Waals surface area contributed by atoms with Crippen LogP contribution in [0.4, 0.5) is 5.69 Å². The molecule has 1 aliphatic carbocycles. The van der Waals surface area contributed by atoms with Crippen LogP contribution < -0.4 is 10.2 Å². The minimum absolute atomic E-state index is 0.130. The van der Waals surface area contributed by atoms with Crippen molar-refractivity contribution >= 4 is 11.6 Å². The van der Waals surface area contributed by atoms with Gasteiger partial charge in [0.1, 0.15) is 0 Å². The number of hydrogen-bond donors (Lipinski definition) is 1. The maximum absolute atomic E-state index is 12.9. The summed E-state index contributed by atoms with van der Waals surface area (Å²) in [6.45, 7) is 4.67. The second kappa shape index (κ2) is 7.63. The standard InChI is InChI=1S/C21H26N2O/c1-3-23(19-12-8-5-9-13-19)21(24)16(2)22-20(18-14-15-18)17-10-6-4-7-11-17/h4-13,16,18,20,22H,3,14-15H2,1-2H3. The van der Waals surface area contributed by atoms with E-state index >= 15 is 0 Å². The summed E-state index contributed by atoms with van der Waals surface area (Å²) < 4.78 is 0. The van der Waals surface area contributed by atoms with Crippen molar-refractivity contribution < 1.29 is 4.79 Å². The number of nitrogens with zero attached hydrogens (tertiary/aromatic N) is 1. The molecule has 3 nitrogen and oxygen atoms in total. The molecule has 24 heavy (non-hydrogen) atoms. The quantitative estimate of drug-likeness (QED) is 0.830. The van der Waals surface area contributed by atoms with Crippen molar-refractivity contribution in [1.29, 1.82) is 0 Å². The van der Waals surface area contributed by atoms with Gasteiger partial charge in [0.05, 0.1) is 6.04 Å². The van der Waals surface area contributed by atoms with Gasteiger partial charge in [-0.1, -0.05) is 48.5 Å². The fourth-order valence-electron chi connectivity index (χ4n) is 3.24. The van der Waals surface area contributed by atoms with Gasteiger partial charge in [-0.15, -0.1) is 0 Å². The van der Waals surface area contributed by atoms with Crippen LogP contribution in [0.2, 0.25) is 0 Å². The van der Waals surface area contributed by atoms with Crippen molar-refractivity contribution in [2.24, 2.45) is 5.92 Å². The molecule has 0 heterocycles. The molecule has 1 N–H and O–H groups in total. The molecule has 3 rings (SSSR count). The second-order valence-corrected chi connectivity index (χ2v) is 6.53. The van der Waals surface area contributed by atoms with Gasteiger partial charge in [0.15, 0.2) is 0 Å². The average molecular weight is 322 g/mol. The highest BCUT2D eigenvalue weighted by molar-refractivity contribution is 5.96. The van der Waals surface area contributed by atoms with Crippen LogP contribution in [-0.2, 0) is 4.79 Å². The summed E-state index contributed by atoms with van der Waals surface area (Å²) in [5.74, 6) is 0.778. The van der Waals surface area contributed by atoms with Crippen molar-refractivity contribution in [1.82, 2.24) is 5.32 Å². The van der Waals surface area contributed by atoms with Gasteiger partial charge in [-0.05, 0) is 50.3 Å². The molecule has 0 spiro atoms. The zero-order valence-corrected chi connectivity index (χ0v) is 14.5. The Hall–Kier alpha value is -2.13. The summed E-state index contributed by atoms with van der Waals surface area (Å²) in [5.41, 5.74) is 2.24. The molecule has 2 unspecified atom stereocenters. The number of carbonyl (C=O) groups is 1. The molecule has 0 saturated heterocycles. The van der Waals surface area contributed by atoms with Crippen LogP contribution in [-0.4, -0.2) is 18.5 Å². The minimum atomic E-state index is -0.212. The second-order valence-electron chi connectivity index (χ2n) is 6.53. The third kappa shape index (κ3) is 3.85. The summed E-state index contributed by atoms with van der Waals surface area (Å²) in [4.78, 5) is 14.8. The van der Waals surface area contributed by atoms with E-state index in [1.807, 2.05) is 55.1 Å². The first kappa shape index (κ1) is 16.7. The monoisotopic (exact) mass is 322 g/mol. The summed E-state index contributed by atoms with van der Waals surface area (Å²) in [7, 11) is 0. The fraction of sp³-hybridized carbons (Fsp3) is 0.381. The van der Waals surface area contributed by atoms with Crippen LogP contribution in [0.15, 0.2) is 60.7 Å². The van der Waals surface area contributed by atoms with Gasteiger partial charge >= 0.3 is 0 Å². The fourth-order valence-corrected chi connectivity index (χ4v) is 3.24. The number of hydrogen-bond acceptors (Lipinski definition) is 2. The van der Waals surface area contributed by atoms with Crippen molar-refractivity contribution in [3.63, 3.8) is 0 Å². The van der Waals surface area contributed by atoms with Gasteiger partial charge in [0.25, 0.3) is 0 Å². The molecule has 1 aliphatic rings. The van der Waals surface area contributed by atoms with Crippen molar-refractivity contribution in [2.75, 3.05) is 11.4 Å². The smallest absolute Gasteiger partial charge is 0.243 e. The van der Waals surface area contributed by atoms with Crippen LogP contribution in [0.5, 0.6) is 0 Å². The van der Waals surface area contributed by atoms with Crippen LogP contribution in [0.25, 0.3) is 0 Å². The molecule has 2 atom stereocenters. The van der Waals surface area contributed by atoms with Gasteiger partial charge < -0.3 is 4.90 Å². The Balaban J connectivity index is 1.72. The molecule has 2 aromatic rings. The predicted molar refractivity (Wildman–Crippen MR) is 99.0 cm³/mol. The lowest BCUT2D eigenvalue weighted by molar-refractivity contribution is -0.120. The lowest BCUT2D eigenvalue weighted by atomic mass is 10.0. The first-order valence-electron chi connectivity index (χ1n) is 8.88. The van der Waals surface area contributed by atoms with Gasteiger partial charge in [-0.3, -0.25) is 10.1 Å². The average Bonchev–Trinajstić information content (AvgIpc) is 3.46. The number of para-hydroxylation sites is 1. The number of anilines is 1. The first-order chi connectivity index (χ1) is 11.7. The van der Waals surface area contributed by atoms with E-state index in [-0.39, 0.29) is 18.0 Å². The topological polar surface area (TPSA) is 32.3 Å². The summed E-state index contributed by atoms with van der Waals surface area (Å²) in [6.07, 6.45) is 2.48. The van der Waals surface area contributed by atoms with Crippen molar-refractivity contribution in [2.45, 2.75) is 38.8 Å². The number of likely N-dealkylation sites (N-methyl/N-ethyl adjacent to an activating group) is 1. The zero-order chi connectivity index (χ0) is 16.9. The molecular formula is C21H26N2O. The van der Waals surface area contributed by atoms with E-state index in [1.165, 1.54) is 18.4 Å². The zero-order valence-electron chi connectivity index (χ0n) is 14.5. The molecule has 0 aromatic heterocycles. The largest absolute Gasteiger partial charge is 0.311 e. The normalized spacial score (nSPS) is 16.4. The van der Waals surface area contributed by atoms with Gasteiger partial charge in [0, 0.05) is 18.3 Å². The molecule has 1 saturated carbocycles. The number of amides is 1. The van der Waals surface area contributed by atoms with Crippen molar-refractivity contribution in [3.05, 3.63) is 66.2 Å². The highest BCUT2D eigenvalue weighted by Gasteiger charge is 2.34. The lowest BCUT2D eigenvalue weighted by Gasteiger charge is -2.28. The highest BCUT2D eigenvalue weighted by atomic mass is 16.2. The molecule has 0 bridgehead atoms. The predicted octanol–water partition coefficient (Wildman–Crippen LogP) is 4.17. The number of benzene rings is 2. The Bertz CT molecular complexity index is 652. The maximum atomic E-state index is 12.9. The van der Waals surface area contributed by atoms with Gasteiger partial charge in [0.2, 0.25) is 5.91 Å². The molecule has 126 valence electrons. The SMILES string of the molecule is CCN(C(=O)C(C)NC(c1ccccc1)C1CC1)c1ccccc1. The molecule has 0 aliphatic heterocycles. The lowest BCUT2D eigenvalue weighted by Crippen LogP contribution is -2.46. The third-order valence-electron chi connectivity index (χ3n) is 4.70. The van der Waals surface area contributed by atoms with E-state index < -0.39 is 0 Å². The maximum Gasteiger partial charge on any atom is 0.243 e. The highest BCUT2D eigenvalue weighted by Crippen LogP contribution is 2.41. The molecular weight excluding hydrogens is 296 g/mol. The van der Waals surface area contributed by atoms with E-state index in [1.54, 1.807) is 0 Å². The van der Waals surface area contributed by atoms with E-state index in [0.717, 1.165) is 5.69 Å². The van der Waals surface area contributed by atoms with Crippen molar-refractivity contribution in [3.8, 4) is 0 Å². The number of nitrogens with one attached hydrogen (secondary N) is 1. The summed E-state index contributed by atoms with van der Waals surface area (Å²) in [6, 6.07) is 20.4. The number of carbonyl (C=O) groups excluding carboxylic acids is 1. The Morgan fingerprint density at radius 3 is 2.21 bits per heavy atom. The van der Waals surface area contributed by atoms with E-state index in [2.05, 4.69) is 29.6 Å². The summed E-state index contributed by atoms with van der Waals surface area (Å²) in [5, 5.41) is 3.59. The van der Waals surface area contributed by atoms with Crippen LogP contribution in [0.3, 0.4) is 0 Å². The Morgan fingerprint density at radius 2 is 1.67 bits per heavy atom. The van der Waals surface area contributed by atoms with E-state index in [4.69, 9.17) is 0 Å². The summed E-state index contributed by atoms with van der Waals surface area (Å²) >= 11 is 0. The van der Waals surface area contributed by atoms with Gasteiger partial charge in [-0.25, -0.2) is 0 Å². The Morgan fingerprint density at radius 1 is 1.08 bits per heavy atom. The molecule has 1 amide bonds. The van der Waals surface area contributed by atoms with Crippen LogP contribution in [0.1, 0.15) is 38.3 Å². The molecule has 0 radical (unpaired) electrons. The minimum Gasteiger partial charge on any atom is -0.311 e. The van der Waals surface area contributed by atoms with Crippen LogP contribution in [0, 0.1) is 5.92 Å². The molecule has 1 fully saturated rings. The molecule has 2 aromatic carbocycles. The molecule has 3 heteroatoms. The number of rotatable bonds is 7. The van der Waals surface area contributed by atoms with Gasteiger partial charge in [-0.2, -0.15) is 0 Å². The van der Waals surface area contributed by atoms with Crippen LogP contribution >= 0.6 is 0 Å².